The van der Waals surface area contributed by atoms with Crippen LogP contribution in [0.2, 0.25) is 0 Å². The van der Waals surface area contributed by atoms with Crippen molar-refractivity contribution in [2.75, 3.05) is 6.61 Å². The molecule has 7 heteroatoms. The van der Waals surface area contributed by atoms with Crippen LogP contribution < -0.4 is 0 Å². The summed E-state index contributed by atoms with van der Waals surface area (Å²) in [5, 5.41) is 0. The minimum absolute atomic E-state index is 0.154. The Morgan fingerprint density at radius 2 is 1.21 bits per heavy atom. The van der Waals surface area contributed by atoms with Gasteiger partial charge in [-0.15, -0.1) is 6.58 Å². The fraction of sp³-hybridized carbons (Fsp3) is 0.312. The highest BCUT2D eigenvalue weighted by Gasteiger charge is 2.53. The molecule has 0 unspecified atom stereocenters. The van der Waals surface area contributed by atoms with Gasteiger partial charge in [0, 0.05) is 13.8 Å². The molecule has 5 atom stereocenters. The highest BCUT2D eigenvalue weighted by molar-refractivity contribution is 5.67. The number of hydrogen-bond acceptors (Lipinski definition) is 7. The Kier molecular flexibility index (Phi) is 9.30. The van der Waals surface area contributed by atoms with Gasteiger partial charge in [-0.2, -0.15) is 0 Å². The monoisotopic (exact) mass is 530 g/mol. The van der Waals surface area contributed by atoms with E-state index in [2.05, 4.69) is 6.58 Å². The summed E-state index contributed by atoms with van der Waals surface area (Å²) in [6.07, 6.45) is -2.99. The van der Waals surface area contributed by atoms with E-state index in [4.69, 9.17) is 23.7 Å². The van der Waals surface area contributed by atoms with E-state index in [-0.39, 0.29) is 6.61 Å². The molecule has 1 aliphatic heterocycles. The summed E-state index contributed by atoms with van der Waals surface area (Å²) in [6.45, 7) is 8.27. The summed E-state index contributed by atoms with van der Waals surface area (Å²) in [4.78, 5) is 24.6. The summed E-state index contributed by atoms with van der Waals surface area (Å²) in [6, 6.07) is 29.3. The van der Waals surface area contributed by atoms with E-state index >= 15 is 0 Å². The Hall–Kier alpha value is -3.78. The molecule has 1 saturated heterocycles. The SMILES string of the molecule is C=CCO[C@@H]1O[C@@H](C)[C@H](OC(C)=O)[C@@H](OC(c2ccccc2)(c2ccccc2)c2ccccc2)[C@H]1OC(C)=O. The van der Waals surface area contributed by atoms with Crippen molar-refractivity contribution in [3.8, 4) is 0 Å². The van der Waals surface area contributed by atoms with Gasteiger partial charge in [0.2, 0.25) is 0 Å². The maximum absolute atomic E-state index is 12.3. The maximum Gasteiger partial charge on any atom is 0.303 e. The summed E-state index contributed by atoms with van der Waals surface area (Å²) < 4.78 is 30.7. The van der Waals surface area contributed by atoms with Crippen molar-refractivity contribution >= 4 is 11.9 Å². The molecular weight excluding hydrogens is 496 g/mol. The van der Waals surface area contributed by atoms with Crippen LogP contribution in [0.3, 0.4) is 0 Å². The molecule has 204 valence electrons. The molecule has 4 rings (SSSR count). The van der Waals surface area contributed by atoms with E-state index < -0.39 is 48.2 Å². The average Bonchev–Trinajstić information content (AvgIpc) is 2.94. The normalized spacial score (nSPS) is 23.0. The zero-order valence-corrected chi connectivity index (χ0v) is 22.4. The molecule has 0 bridgehead atoms. The van der Waals surface area contributed by atoms with Crippen LogP contribution in [-0.4, -0.2) is 49.3 Å². The Bertz CT molecular complexity index is 1130. The second-order valence-corrected chi connectivity index (χ2v) is 9.34. The smallest absolute Gasteiger partial charge is 0.303 e. The van der Waals surface area contributed by atoms with Gasteiger partial charge in [-0.1, -0.05) is 97.1 Å². The van der Waals surface area contributed by atoms with Gasteiger partial charge < -0.3 is 23.7 Å². The molecule has 1 heterocycles. The van der Waals surface area contributed by atoms with Crippen LogP contribution in [0.4, 0.5) is 0 Å². The van der Waals surface area contributed by atoms with Crippen molar-refractivity contribution < 1.29 is 33.3 Å². The van der Waals surface area contributed by atoms with Gasteiger partial charge in [-0.3, -0.25) is 9.59 Å². The molecule has 0 aromatic heterocycles. The molecule has 0 spiro atoms. The number of ether oxygens (including phenoxy) is 5. The lowest BCUT2D eigenvalue weighted by Gasteiger charge is -2.48. The highest BCUT2D eigenvalue weighted by Crippen LogP contribution is 2.44. The van der Waals surface area contributed by atoms with Gasteiger partial charge in [0.15, 0.2) is 18.5 Å². The predicted octanol–water partition coefficient (Wildman–Crippen LogP) is 5.17. The summed E-state index contributed by atoms with van der Waals surface area (Å²) in [7, 11) is 0. The van der Waals surface area contributed by atoms with Crippen molar-refractivity contribution in [1.82, 2.24) is 0 Å². The first-order valence-electron chi connectivity index (χ1n) is 12.9. The molecule has 0 aliphatic carbocycles. The number of carbonyl (C=O) groups excluding carboxylic acids is 2. The lowest BCUT2D eigenvalue weighted by atomic mass is 9.79. The summed E-state index contributed by atoms with van der Waals surface area (Å²) in [5.74, 6) is -1.06. The van der Waals surface area contributed by atoms with Gasteiger partial charge in [0.05, 0.1) is 12.7 Å². The van der Waals surface area contributed by atoms with E-state index in [0.717, 1.165) is 16.7 Å². The molecule has 3 aromatic rings. The first-order chi connectivity index (χ1) is 18.9. The third kappa shape index (κ3) is 6.28. The summed E-state index contributed by atoms with van der Waals surface area (Å²) in [5.41, 5.74) is 1.35. The van der Waals surface area contributed by atoms with E-state index in [9.17, 15) is 9.59 Å². The molecular formula is C32H34O7. The van der Waals surface area contributed by atoms with Gasteiger partial charge in [-0.05, 0) is 23.6 Å². The number of rotatable bonds is 10. The first kappa shape index (κ1) is 28.2. The quantitative estimate of drug-likeness (QED) is 0.203. The van der Waals surface area contributed by atoms with Crippen LogP contribution in [-0.2, 0) is 38.9 Å². The molecule has 0 radical (unpaired) electrons. The number of hydrogen-bond donors (Lipinski definition) is 0. The minimum Gasteiger partial charge on any atom is -0.457 e. The second kappa shape index (κ2) is 12.8. The average molecular weight is 531 g/mol. The molecule has 0 saturated carbocycles. The highest BCUT2D eigenvalue weighted by atomic mass is 16.7. The Labute approximate surface area is 229 Å². The van der Waals surface area contributed by atoms with E-state index in [1.54, 1.807) is 13.0 Å². The number of carbonyl (C=O) groups is 2. The molecule has 1 aliphatic rings. The van der Waals surface area contributed by atoms with E-state index in [1.165, 1.54) is 13.8 Å². The number of esters is 2. The van der Waals surface area contributed by atoms with Crippen LogP contribution >= 0.6 is 0 Å². The van der Waals surface area contributed by atoms with Crippen LogP contribution in [0.1, 0.15) is 37.5 Å². The molecule has 0 amide bonds. The van der Waals surface area contributed by atoms with Gasteiger partial charge in [0.1, 0.15) is 11.7 Å². The van der Waals surface area contributed by atoms with Crippen molar-refractivity contribution in [2.24, 2.45) is 0 Å². The lowest BCUT2D eigenvalue weighted by molar-refractivity contribution is -0.312. The van der Waals surface area contributed by atoms with E-state index in [1.807, 2.05) is 91.0 Å². The second-order valence-electron chi connectivity index (χ2n) is 9.34. The third-order valence-corrected chi connectivity index (χ3v) is 6.56. The zero-order chi connectivity index (χ0) is 27.8. The minimum atomic E-state index is -1.18. The van der Waals surface area contributed by atoms with Crippen LogP contribution in [0.15, 0.2) is 104 Å². The maximum atomic E-state index is 12.3. The fourth-order valence-corrected chi connectivity index (χ4v) is 5.00. The fourth-order valence-electron chi connectivity index (χ4n) is 5.00. The van der Waals surface area contributed by atoms with Gasteiger partial charge in [0.25, 0.3) is 0 Å². The van der Waals surface area contributed by atoms with Crippen molar-refractivity contribution in [2.45, 2.75) is 57.1 Å². The van der Waals surface area contributed by atoms with Crippen molar-refractivity contribution in [1.29, 1.82) is 0 Å². The Morgan fingerprint density at radius 3 is 1.62 bits per heavy atom. The van der Waals surface area contributed by atoms with Gasteiger partial charge >= 0.3 is 11.9 Å². The van der Waals surface area contributed by atoms with Crippen LogP contribution in [0.5, 0.6) is 0 Å². The number of benzene rings is 3. The largest absolute Gasteiger partial charge is 0.457 e. The van der Waals surface area contributed by atoms with Crippen molar-refractivity contribution in [3.05, 3.63) is 120 Å². The Balaban J connectivity index is 1.96. The van der Waals surface area contributed by atoms with Crippen LogP contribution in [0, 0.1) is 0 Å². The zero-order valence-electron chi connectivity index (χ0n) is 22.4. The van der Waals surface area contributed by atoms with Crippen molar-refractivity contribution in [3.63, 3.8) is 0 Å². The first-order valence-corrected chi connectivity index (χ1v) is 12.9. The van der Waals surface area contributed by atoms with E-state index in [0.29, 0.717) is 0 Å². The Morgan fingerprint density at radius 1 is 0.769 bits per heavy atom. The third-order valence-electron chi connectivity index (χ3n) is 6.56. The molecule has 39 heavy (non-hydrogen) atoms. The predicted molar refractivity (Wildman–Crippen MR) is 146 cm³/mol. The van der Waals surface area contributed by atoms with Gasteiger partial charge in [-0.25, -0.2) is 0 Å². The molecule has 1 fully saturated rings. The standard InChI is InChI=1S/C32H34O7/c1-5-21-35-31-30(38-24(4)34)29(28(22(2)36-31)37-23(3)33)39-32(25-15-9-6-10-16-25,26-17-11-7-12-18-26)27-19-13-8-14-20-27/h5-20,22,28-31H,1,21H2,2-4H3/t22-,28-,29+,30+,31+/m0/s1. The summed E-state index contributed by atoms with van der Waals surface area (Å²) >= 11 is 0. The molecule has 0 N–H and O–H groups in total. The van der Waals surface area contributed by atoms with Crippen LogP contribution in [0.25, 0.3) is 0 Å². The topological polar surface area (TPSA) is 80.3 Å². The molecule has 3 aromatic carbocycles. The lowest BCUT2D eigenvalue weighted by Crippen LogP contribution is -2.62. The molecule has 7 nitrogen and oxygen atoms in total.